The molecule has 7 nitrogen and oxygen atoms in total. The molecule has 1 saturated heterocycles. The summed E-state index contributed by atoms with van der Waals surface area (Å²) in [6, 6.07) is 0. The zero-order chi connectivity index (χ0) is 17.2. The Labute approximate surface area is 167 Å². The Balaban J connectivity index is 0.00000312. The van der Waals surface area contributed by atoms with Crippen molar-refractivity contribution in [3.05, 3.63) is 17.0 Å². The summed E-state index contributed by atoms with van der Waals surface area (Å²) < 4.78 is 16.2. The molecule has 25 heavy (non-hydrogen) atoms. The van der Waals surface area contributed by atoms with Crippen molar-refractivity contribution in [2.24, 2.45) is 4.99 Å². The van der Waals surface area contributed by atoms with Crippen molar-refractivity contribution in [3.63, 3.8) is 0 Å². The van der Waals surface area contributed by atoms with Gasteiger partial charge in [-0.1, -0.05) is 5.16 Å². The van der Waals surface area contributed by atoms with Crippen LogP contribution in [0.3, 0.4) is 0 Å². The van der Waals surface area contributed by atoms with Crippen LogP contribution >= 0.6 is 24.0 Å². The van der Waals surface area contributed by atoms with Crippen LogP contribution in [0, 0.1) is 13.8 Å². The molecule has 1 aromatic rings. The summed E-state index contributed by atoms with van der Waals surface area (Å²) in [4.78, 5) is 4.24. The van der Waals surface area contributed by atoms with Gasteiger partial charge in [0.05, 0.1) is 18.4 Å². The number of aromatic nitrogens is 1. The lowest BCUT2D eigenvalue weighted by atomic mass is 10.1. The fourth-order valence-corrected chi connectivity index (χ4v) is 2.72. The second kappa shape index (κ2) is 12.5. The molecule has 2 heterocycles. The van der Waals surface area contributed by atoms with Gasteiger partial charge in [0, 0.05) is 38.9 Å². The van der Waals surface area contributed by atoms with Crippen molar-refractivity contribution < 1.29 is 14.0 Å². The molecule has 1 aliphatic rings. The smallest absolute Gasteiger partial charge is 0.190 e. The van der Waals surface area contributed by atoms with E-state index in [1.165, 1.54) is 5.56 Å². The Morgan fingerprint density at radius 1 is 1.28 bits per heavy atom. The molecule has 0 aromatic carbocycles. The van der Waals surface area contributed by atoms with Crippen LogP contribution in [-0.4, -0.2) is 57.2 Å². The number of aryl methyl sites for hydroxylation is 2. The number of rotatable bonds is 9. The van der Waals surface area contributed by atoms with Gasteiger partial charge < -0.3 is 24.6 Å². The first-order chi connectivity index (χ1) is 11.7. The Morgan fingerprint density at radius 3 is 2.64 bits per heavy atom. The molecule has 1 unspecified atom stereocenters. The highest BCUT2D eigenvalue weighted by Gasteiger charge is 2.15. The van der Waals surface area contributed by atoms with Crippen LogP contribution in [0.5, 0.6) is 0 Å². The highest BCUT2D eigenvalue weighted by Crippen LogP contribution is 2.13. The number of hydrogen-bond acceptors (Lipinski definition) is 5. The maximum Gasteiger partial charge on any atom is 0.190 e. The average molecular weight is 466 g/mol. The van der Waals surface area contributed by atoms with Crippen molar-refractivity contribution in [3.8, 4) is 0 Å². The second-order valence-electron chi connectivity index (χ2n) is 6.04. The predicted molar refractivity (Wildman–Crippen MR) is 109 cm³/mol. The van der Waals surface area contributed by atoms with Gasteiger partial charge in [0.25, 0.3) is 0 Å². The standard InChI is InChI=1S/C17H30N4O3.HI/c1-13-16(14(2)24-21-13)6-4-8-19-17(18-3)20-9-5-10-23-15-7-11-22-12-15;/h15H,4-12H2,1-3H3,(H2,18,19,20);1H. The Bertz CT molecular complexity index is 496. The van der Waals surface area contributed by atoms with Gasteiger partial charge in [-0.3, -0.25) is 4.99 Å². The maximum atomic E-state index is 5.74. The minimum Gasteiger partial charge on any atom is -0.379 e. The summed E-state index contributed by atoms with van der Waals surface area (Å²) in [6.07, 6.45) is 4.22. The van der Waals surface area contributed by atoms with Gasteiger partial charge in [-0.15, -0.1) is 24.0 Å². The summed E-state index contributed by atoms with van der Waals surface area (Å²) in [5, 5.41) is 10.6. The van der Waals surface area contributed by atoms with Crippen molar-refractivity contribution in [2.75, 3.05) is 40.0 Å². The second-order valence-corrected chi connectivity index (χ2v) is 6.04. The predicted octanol–water partition coefficient (Wildman–Crippen LogP) is 2.20. The van der Waals surface area contributed by atoms with Crippen molar-refractivity contribution in [1.82, 2.24) is 15.8 Å². The van der Waals surface area contributed by atoms with E-state index < -0.39 is 0 Å². The van der Waals surface area contributed by atoms with E-state index in [-0.39, 0.29) is 30.1 Å². The molecular formula is C17H31IN4O3. The molecule has 8 heteroatoms. The third-order valence-electron chi connectivity index (χ3n) is 4.16. The van der Waals surface area contributed by atoms with Crippen LogP contribution in [0.25, 0.3) is 0 Å². The van der Waals surface area contributed by atoms with Gasteiger partial charge in [0.15, 0.2) is 5.96 Å². The summed E-state index contributed by atoms with van der Waals surface area (Å²) >= 11 is 0. The first-order valence-electron chi connectivity index (χ1n) is 8.76. The van der Waals surface area contributed by atoms with Gasteiger partial charge in [-0.2, -0.15) is 0 Å². The molecular weight excluding hydrogens is 435 g/mol. The van der Waals surface area contributed by atoms with Crippen molar-refractivity contribution >= 4 is 29.9 Å². The van der Waals surface area contributed by atoms with Gasteiger partial charge in [-0.05, 0) is 39.5 Å². The van der Waals surface area contributed by atoms with E-state index in [4.69, 9.17) is 14.0 Å². The SMILES string of the molecule is CN=C(NCCCOC1CCOC1)NCCCc1c(C)noc1C.I. The number of nitrogens with one attached hydrogen (secondary N) is 2. The van der Waals surface area contributed by atoms with E-state index in [2.05, 4.69) is 20.8 Å². The fraction of sp³-hybridized carbons (Fsp3) is 0.765. The topological polar surface area (TPSA) is 80.9 Å². The van der Waals surface area contributed by atoms with Gasteiger partial charge in [-0.25, -0.2) is 0 Å². The van der Waals surface area contributed by atoms with E-state index in [9.17, 15) is 0 Å². The zero-order valence-corrected chi connectivity index (χ0v) is 17.8. The molecule has 1 aromatic heterocycles. The number of halogens is 1. The summed E-state index contributed by atoms with van der Waals surface area (Å²) in [5.41, 5.74) is 2.20. The lowest BCUT2D eigenvalue weighted by Crippen LogP contribution is -2.38. The minimum atomic E-state index is 0. The Hall–Kier alpha value is -0.870. The first kappa shape index (κ1) is 22.2. The molecule has 0 amide bonds. The summed E-state index contributed by atoms with van der Waals surface area (Å²) in [5.74, 6) is 1.75. The molecule has 1 fully saturated rings. The number of nitrogens with zero attached hydrogens (tertiary/aromatic N) is 2. The Kier molecular flexibility index (Phi) is 11.1. The number of aliphatic imine (C=N–C) groups is 1. The largest absolute Gasteiger partial charge is 0.379 e. The van der Waals surface area contributed by atoms with E-state index in [1.54, 1.807) is 7.05 Å². The lowest BCUT2D eigenvalue weighted by molar-refractivity contribution is 0.0420. The molecule has 2 N–H and O–H groups in total. The highest BCUT2D eigenvalue weighted by molar-refractivity contribution is 14.0. The maximum absolute atomic E-state index is 5.74. The fourth-order valence-electron chi connectivity index (χ4n) is 2.72. The minimum absolute atomic E-state index is 0. The summed E-state index contributed by atoms with van der Waals surface area (Å²) in [7, 11) is 1.79. The third-order valence-corrected chi connectivity index (χ3v) is 4.16. The lowest BCUT2D eigenvalue weighted by Gasteiger charge is -2.13. The normalized spacial score (nSPS) is 17.4. The summed E-state index contributed by atoms with van der Waals surface area (Å²) in [6.45, 7) is 7.97. The molecule has 0 radical (unpaired) electrons. The van der Waals surface area contributed by atoms with Crippen LogP contribution in [0.2, 0.25) is 0 Å². The average Bonchev–Trinajstić information content (AvgIpc) is 3.20. The van der Waals surface area contributed by atoms with Gasteiger partial charge >= 0.3 is 0 Å². The Morgan fingerprint density at radius 2 is 2.04 bits per heavy atom. The van der Waals surface area contributed by atoms with E-state index in [0.29, 0.717) is 0 Å². The quantitative estimate of drug-likeness (QED) is 0.252. The number of hydrogen-bond donors (Lipinski definition) is 2. The van der Waals surface area contributed by atoms with E-state index >= 15 is 0 Å². The monoisotopic (exact) mass is 466 g/mol. The molecule has 0 aliphatic carbocycles. The molecule has 144 valence electrons. The van der Waals surface area contributed by atoms with Crippen LogP contribution in [0.15, 0.2) is 9.52 Å². The van der Waals surface area contributed by atoms with E-state index in [1.807, 2.05) is 13.8 Å². The molecule has 1 aliphatic heterocycles. The van der Waals surface area contributed by atoms with Crippen LogP contribution in [0.1, 0.15) is 36.3 Å². The molecule has 2 rings (SSSR count). The number of guanidine groups is 1. The van der Waals surface area contributed by atoms with Crippen molar-refractivity contribution in [1.29, 1.82) is 0 Å². The van der Waals surface area contributed by atoms with Crippen molar-refractivity contribution in [2.45, 2.75) is 45.6 Å². The molecule has 0 saturated carbocycles. The molecule has 0 bridgehead atoms. The highest BCUT2D eigenvalue weighted by atomic mass is 127. The van der Waals surface area contributed by atoms with Gasteiger partial charge in [0.2, 0.25) is 0 Å². The van der Waals surface area contributed by atoms with E-state index in [0.717, 1.165) is 76.0 Å². The van der Waals surface area contributed by atoms with Crippen LogP contribution in [0.4, 0.5) is 0 Å². The molecule has 0 spiro atoms. The third kappa shape index (κ3) is 7.91. The zero-order valence-electron chi connectivity index (χ0n) is 15.5. The van der Waals surface area contributed by atoms with Crippen LogP contribution < -0.4 is 10.6 Å². The molecule has 1 atom stereocenters. The number of ether oxygens (including phenoxy) is 2. The van der Waals surface area contributed by atoms with Gasteiger partial charge in [0.1, 0.15) is 5.76 Å². The van der Waals surface area contributed by atoms with Crippen LogP contribution in [-0.2, 0) is 15.9 Å². The first-order valence-corrected chi connectivity index (χ1v) is 8.76.